The molecule has 0 aliphatic carbocycles. The lowest BCUT2D eigenvalue weighted by molar-refractivity contribution is 0.201. The minimum absolute atomic E-state index is 0.0541. The van der Waals surface area contributed by atoms with Crippen molar-refractivity contribution in [2.75, 3.05) is 49.7 Å². The first-order chi connectivity index (χ1) is 14.7. The molecule has 0 bridgehead atoms. The zero-order valence-electron chi connectivity index (χ0n) is 17.5. The van der Waals surface area contributed by atoms with Gasteiger partial charge in [0.2, 0.25) is 5.95 Å². The fourth-order valence-corrected chi connectivity index (χ4v) is 9.38. The van der Waals surface area contributed by atoms with E-state index in [1.165, 1.54) is 7.11 Å². The molecule has 1 aromatic carbocycles. The summed E-state index contributed by atoms with van der Waals surface area (Å²) in [6.07, 6.45) is 3.35. The Morgan fingerprint density at radius 1 is 1.06 bits per heavy atom. The second-order valence-electron chi connectivity index (χ2n) is 7.95. The maximum atomic E-state index is 13.6. The van der Waals surface area contributed by atoms with E-state index in [1.807, 2.05) is 9.80 Å². The van der Waals surface area contributed by atoms with Crippen LogP contribution in [0.5, 0.6) is 5.75 Å². The molecule has 2 aliphatic heterocycles. The van der Waals surface area contributed by atoms with Gasteiger partial charge < -0.3 is 9.64 Å². The Bertz CT molecular complexity index is 1150. The van der Waals surface area contributed by atoms with Gasteiger partial charge >= 0.3 is 0 Å². The van der Waals surface area contributed by atoms with Gasteiger partial charge in [-0.15, -0.1) is 0 Å². The molecule has 2 aliphatic rings. The fourth-order valence-electron chi connectivity index (χ4n) is 4.31. The summed E-state index contributed by atoms with van der Waals surface area (Å²) in [7, 11) is -5.99. The standard InChI is InChI=1S/C20H26N4O5S2/c1-15-4-5-17(29-2)18(12-15)31(27,28)19-14-30(25,26)13-16(19)23-8-10-24(11-9-23)20-21-6-3-7-22-20/h3-7,12,16,19H,8-11,13-14H2,1-2H3/t16-,19+/m0/s1. The number of anilines is 1. The molecule has 31 heavy (non-hydrogen) atoms. The third-order valence-electron chi connectivity index (χ3n) is 5.91. The van der Waals surface area contributed by atoms with Crippen molar-refractivity contribution in [3.05, 3.63) is 42.2 Å². The van der Waals surface area contributed by atoms with Crippen molar-refractivity contribution in [2.45, 2.75) is 23.1 Å². The Morgan fingerprint density at radius 3 is 2.39 bits per heavy atom. The first-order valence-electron chi connectivity index (χ1n) is 10.1. The second kappa shape index (κ2) is 8.36. The topological polar surface area (TPSA) is 110 Å². The van der Waals surface area contributed by atoms with Gasteiger partial charge in [-0.2, -0.15) is 0 Å². The van der Waals surface area contributed by atoms with E-state index in [9.17, 15) is 16.8 Å². The van der Waals surface area contributed by atoms with E-state index in [0.717, 1.165) is 5.56 Å². The smallest absolute Gasteiger partial charge is 0.225 e. The fraction of sp³-hybridized carbons (Fsp3) is 0.500. The van der Waals surface area contributed by atoms with Gasteiger partial charge in [-0.1, -0.05) is 6.07 Å². The predicted octanol–water partition coefficient (Wildman–Crippen LogP) is 0.555. The molecule has 1 aromatic heterocycles. The zero-order valence-corrected chi connectivity index (χ0v) is 19.1. The lowest BCUT2D eigenvalue weighted by Gasteiger charge is -2.39. The summed E-state index contributed by atoms with van der Waals surface area (Å²) in [5, 5.41) is -1.03. The molecule has 0 unspecified atom stereocenters. The number of sulfone groups is 2. The van der Waals surface area contributed by atoms with Crippen molar-refractivity contribution in [1.29, 1.82) is 0 Å². The average Bonchev–Trinajstić information content (AvgIpc) is 3.11. The van der Waals surface area contributed by atoms with Gasteiger partial charge in [0.25, 0.3) is 0 Å². The number of hydrogen-bond acceptors (Lipinski definition) is 9. The van der Waals surface area contributed by atoms with Crippen molar-refractivity contribution >= 4 is 25.6 Å². The normalized spacial score (nSPS) is 24.3. The van der Waals surface area contributed by atoms with Gasteiger partial charge in [0.1, 0.15) is 10.6 Å². The van der Waals surface area contributed by atoms with E-state index >= 15 is 0 Å². The maximum Gasteiger partial charge on any atom is 0.225 e. The lowest BCUT2D eigenvalue weighted by atomic mass is 10.2. The van der Waals surface area contributed by atoms with Gasteiger partial charge in [0.05, 0.1) is 23.9 Å². The van der Waals surface area contributed by atoms with E-state index in [4.69, 9.17) is 4.74 Å². The van der Waals surface area contributed by atoms with Gasteiger partial charge in [-0.05, 0) is 30.7 Å². The quantitative estimate of drug-likeness (QED) is 0.624. The highest BCUT2D eigenvalue weighted by atomic mass is 32.2. The molecule has 2 aromatic rings. The number of nitrogens with zero attached hydrogens (tertiary/aromatic N) is 4. The van der Waals surface area contributed by atoms with Gasteiger partial charge in [0, 0.05) is 44.6 Å². The summed E-state index contributed by atoms with van der Waals surface area (Å²) in [5.41, 5.74) is 0.772. The van der Waals surface area contributed by atoms with Gasteiger partial charge in [-0.25, -0.2) is 26.8 Å². The van der Waals surface area contributed by atoms with Crippen LogP contribution >= 0.6 is 0 Å². The Labute approximate surface area is 182 Å². The first kappa shape index (κ1) is 22.0. The molecule has 0 N–H and O–H groups in total. The van der Waals surface area contributed by atoms with Crippen LogP contribution in [0.2, 0.25) is 0 Å². The summed E-state index contributed by atoms with van der Waals surface area (Å²) >= 11 is 0. The van der Waals surface area contributed by atoms with Crippen molar-refractivity contribution < 1.29 is 21.6 Å². The van der Waals surface area contributed by atoms with Crippen molar-refractivity contribution in [2.24, 2.45) is 0 Å². The number of ether oxygens (including phenoxy) is 1. The highest BCUT2D eigenvalue weighted by molar-refractivity contribution is 7.96. The lowest BCUT2D eigenvalue weighted by Crippen LogP contribution is -2.55. The Hall–Kier alpha value is -2.24. The molecule has 3 heterocycles. The third kappa shape index (κ3) is 4.39. The Balaban J connectivity index is 1.60. The number of piperazine rings is 1. The first-order valence-corrected chi connectivity index (χ1v) is 13.4. The Kier molecular flexibility index (Phi) is 5.93. The van der Waals surface area contributed by atoms with E-state index in [2.05, 4.69) is 9.97 Å². The Morgan fingerprint density at radius 2 is 1.74 bits per heavy atom. The molecule has 0 spiro atoms. The summed E-state index contributed by atoms with van der Waals surface area (Å²) in [6, 6.07) is 6.09. The van der Waals surface area contributed by atoms with Crippen molar-refractivity contribution in [3.8, 4) is 5.75 Å². The average molecular weight is 467 g/mol. The van der Waals surface area contributed by atoms with Crippen molar-refractivity contribution in [3.63, 3.8) is 0 Å². The highest BCUT2D eigenvalue weighted by Gasteiger charge is 2.49. The molecule has 0 radical (unpaired) electrons. The molecule has 2 atom stereocenters. The summed E-state index contributed by atoms with van der Waals surface area (Å²) in [5.74, 6) is 0.320. The van der Waals surface area contributed by atoms with Gasteiger partial charge in [-0.3, -0.25) is 4.90 Å². The van der Waals surface area contributed by atoms with E-state index in [0.29, 0.717) is 32.1 Å². The largest absolute Gasteiger partial charge is 0.495 e. The van der Waals surface area contributed by atoms with Crippen LogP contribution in [-0.4, -0.2) is 87.8 Å². The van der Waals surface area contributed by atoms with Crippen LogP contribution in [0.3, 0.4) is 0 Å². The highest BCUT2D eigenvalue weighted by Crippen LogP contribution is 2.34. The van der Waals surface area contributed by atoms with E-state index in [1.54, 1.807) is 43.6 Å². The summed E-state index contributed by atoms with van der Waals surface area (Å²) < 4.78 is 57.5. The number of aryl methyl sites for hydroxylation is 1. The molecule has 2 saturated heterocycles. The zero-order chi connectivity index (χ0) is 22.2. The number of benzene rings is 1. The number of hydrogen-bond donors (Lipinski definition) is 0. The van der Waals surface area contributed by atoms with Crippen LogP contribution in [0.4, 0.5) is 5.95 Å². The van der Waals surface area contributed by atoms with Crippen LogP contribution in [0, 0.1) is 6.92 Å². The molecule has 9 nitrogen and oxygen atoms in total. The SMILES string of the molecule is COc1ccc(C)cc1S(=O)(=O)[C@@H]1CS(=O)(=O)C[C@@H]1N1CCN(c2ncccn2)CC1. The summed E-state index contributed by atoms with van der Waals surface area (Å²) in [4.78, 5) is 12.6. The molecule has 0 amide bonds. The molecule has 11 heteroatoms. The number of methoxy groups -OCH3 is 1. The van der Waals surface area contributed by atoms with Crippen molar-refractivity contribution in [1.82, 2.24) is 14.9 Å². The van der Waals surface area contributed by atoms with Crippen LogP contribution in [0.1, 0.15) is 5.56 Å². The third-order valence-corrected chi connectivity index (χ3v) is 10.1. The predicted molar refractivity (Wildman–Crippen MR) is 117 cm³/mol. The van der Waals surface area contributed by atoms with Crippen LogP contribution < -0.4 is 9.64 Å². The van der Waals surface area contributed by atoms with Crippen LogP contribution in [0.15, 0.2) is 41.6 Å². The minimum atomic E-state index is -3.92. The number of aromatic nitrogens is 2. The minimum Gasteiger partial charge on any atom is -0.495 e. The molecule has 4 rings (SSSR count). The maximum absolute atomic E-state index is 13.6. The molecule has 2 fully saturated rings. The monoisotopic (exact) mass is 466 g/mol. The number of rotatable bonds is 5. The van der Waals surface area contributed by atoms with E-state index < -0.39 is 31.0 Å². The van der Waals surface area contributed by atoms with Crippen LogP contribution in [-0.2, 0) is 19.7 Å². The van der Waals surface area contributed by atoms with Crippen LogP contribution in [0.25, 0.3) is 0 Å². The molecule has 0 saturated carbocycles. The second-order valence-corrected chi connectivity index (χ2v) is 12.2. The van der Waals surface area contributed by atoms with E-state index in [-0.39, 0.29) is 22.2 Å². The van der Waals surface area contributed by atoms with Gasteiger partial charge in [0.15, 0.2) is 19.7 Å². The molecule has 168 valence electrons. The molecular formula is C20H26N4O5S2. The molecular weight excluding hydrogens is 440 g/mol. The summed E-state index contributed by atoms with van der Waals surface area (Å²) in [6.45, 7) is 4.07.